The number of hydrogen-bond donors (Lipinski definition) is 0. The second-order valence-electron chi connectivity index (χ2n) is 12.7. The van der Waals surface area contributed by atoms with Crippen LogP contribution in [-0.2, 0) is 0 Å². The second-order valence-corrected chi connectivity index (χ2v) is 12.7. The maximum absolute atomic E-state index is 9.82. The van der Waals surface area contributed by atoms with Crippen LogP contribution in [-0.4, -0.2) is 15.0 Å². The van der Waals surface area contributed by atoms with E-state index in [0.29, 0.717) is 39.8 Å². The minimum absolute atomic E-state index is 0.462. The van der Waals surface area contributed by atoms with Gasteiger partial charge in [0.1, 0.15) is 22.8 Å². The van der Waals surface area contributed by atoms with Crippen molar-refractivity contribution in [1.29, 1.82) is 5.26 Å². The van der Waals surface area contributed by atoms with Crippen LogP contribution < -0.4 is 0 Å². The minimum atomic E-state index is 0.462. The molecule has 0 unspecified atom stereocenters. The smallest absolute Gasteiger partial charge is 0.167 e. The van der Waals surface area contributed by atoms with Gasteiger partial charge in [0.15, 0.2) is 23.1 Å². The molecular formula is C46H26N4O2. The number of nitrogens with zero attached hydrogens (tertiary/aromatic N) is 4. The van der Waals surface area contributed by atoms with Crippen molar-refractivity contribution >= 4 is 43.9 Å². The van der Waals surface area contributed by atoms with Crippen molar-refractivity contribution in [3.8, 4) is 62.5 Å². The monoisotopic (exact) mass is 666 g/mol. The zero-order valence-electron chi connectivity index (χ0n) is 27.6. The summed E-state index contributed by atoms with van der Waals surface area (Å²) < 4.78 is 12.9. The molecule has 242 valence electrons. The fraction of sp³-hybridized carbons (Fsp3) is 0. The maximum Gasteiger partial charge on any atom is 0.167 e. The summed E-state index contributed by atoms with van der Waals surface area (Å²) in [5, 5.41) is 13.7. The van der Waals surface area contributed by atoms with Crippen LogP contribution in [0.5, 0.6) is 0 Å². The van der Waals surface area contributed by atoms with E-state index >= 15 is 0 Å². The van der Waals surface area contributed by atoms with E-state index in [1.165, 1.54) is 0 Å². The molecule has 0 atom stereocenters. The fourth-order valence-electron chi connectivity index (χ4n) is 7.13. The first-order valence-electron chi connectivity index (χ1n) is 17.0. The second kappa shape index (κ2) is 11.9. The number of rotatable bonds is 5. The van der Waals surface area contributed by atoms with Crippen LogP contribution in [0, 0.1) is 11.3 Å². The molecule has 0 aliphatic heterocycles. The van der Waals surface area contributed by atoms with Gasteiger partial charge in [-0.3, -0.25) is 0 Å². The molecule has 6 heteroatoms. The Morgan fingerprint density at radius 1 is 0.404 bits per heavy atom. The molecule has 0 saturated carbocycles. The van der Waals surface area contributed by atoms with E-state index in [2.05, 4.69) is 54.6 Å². The van der Waals surface area contributed by atoms with Gasteiger partial charge in [0.05, 0.1) is 11.1 Å². The summed E-state index contributed by atoms with van der Waals surface area (Å²) in [6.45, 7) is 0. The molecule has 0 aliphatic carbocycles. The van der Waals surface area contributed by atoms with Crippen molar-refractivity contribution in [2.45, 2.75) is 0 Å². The zero-order chi connectivity index (χ0) is 34.6. The predicted octanol–water partition coefficient (Wildman–Crippen LogP) is 11.9. The lowest BCUT2D eigenvalue weighted by atomic mass is 9.99. The summed E-state index contributed by atoms with van der Waals surface area (Å²) in [7, 11) is 0. The molecule has 0 spiro atoms. The first-order valence-corrected chi connectivity index (χ1v) is 17.0. The van der Waals surface area contributed by atoms with Gasteiger partial charge < -0.3 is 8.83 Å². The van der Waals surface area contributed by atoms with Gasteiger partial charge >= 0.3 is 0 Å². The van der Waals surface area contributed by atoms with Gasteiger partial charge in [-0.05, 0) is 58.7 Å². The van der Waals surface area contributed by atoms with Gasteiger partial charge in [0.25, 0.3) is 0 Å². The fourth-order valence-corrected chi connectivity index (χ4v) is 7.13. The standard InChI is InChI=1S/C46H26N4O2/c47-27-33-17-8-19-35-36-20-9-21-38(43(36)52-42(33)35)46-49-44(31-16-7-15-30(25-31)28-11-3-1-4-12-28)48-45(50-46)32-23-24-37-40(26-32)51-39-22-10-18-34(41(37)39)29-13-5-2-6-14-29/h1-26H. The van der Waals surface area contributed by atoms with Crippen molar-refractivity contribution in [3.05, 3.63) is 163 Å². The molecule has 52 heavy (non-hydrogen) atoms. The third-order valence-corrected chi connectivity index (χ3v) is 9.59. The highest BCUT2D eigenvalue weighted by molar-refractivity contribution is 6.13. The lowest BCUT2D eigenvalue weighted by molar-refractivity contribution is 0.668. The van der Waals surface area contributed by atoms with Crippen molar-refractivity contribution in [3.63, 3.8) is 0 Å². The molecule has 6 nitrogen and oxygen atoms in total. The lowest BCUT2D eigenvalue weighted by Gasteiger charge is -2.10. The molecule has 0 fully saturated rings. The van der Waals surface area contributed by atoms with Crippen molar-refractivity contribution in [2.24, 2.45) is 0 Å². The first-order chi connectivity index (χ1) is 25.7. The van der Waals surface area contributed by atoms with Gasteiger partial charge in [-0.25, -0.2) is 15.0 Å². The Bertz CT molecular complexity index is 3030. The van der Waals surface area contributed by atoms with Gasteiger partial charge in [0.2, 0.25) is 0 Å². The van der Waals surface area contributed by atoms with E-state index in [1.54, 1.807) is 6.07 Å². The number of fused-ring (bicyclic) bond motifs is 6. The number of hydrogen-bond acceptors (Lipinski definition) is 6. The molecule has 0 amide bonds. The minimum Gasteiger partial charge on any atom is -0.456 e. The van der Waals surface area contributed by atoms with E-state index in [9.17, 15) is 5.26 Å². The molecule has 0 saturated heterocycles. The molecule has 3 aromatic heterocycles. The third-order valence-electron chi connectivity index (χ3n) is 9.59. The average molecular weight is 667 g/mol. The number of furan rings is 2. The molecule has 3 heterocycles. The van der Waals surface area contributed by atoms with Crippen LogP contribution in [0.2, 0.25) is 0 Å². The van der Waals surface area contributed by atoms with E-state index < -0.39 is 0 Å². The predicted molar refractivity (Wildman–Crippen MR) is 206 cm³/mol. The molecule has 10 rings (SSSR count). The largest absolute Gasteiger partial charge is 0.456 e. The van der Waals surface area contributed by atoms with Gasteiger partial charge in [-0.2, -0.15) is 5.26 Å². The van der Waals surface area contributed by atoms with E-state index in [1.807, 2.05) is 103 Å². The Balaban J connectivity index is 1.19. The molecule has 0 bridgehead atoms. The van der Waals surface area contributed by atoms with Gasteiger partial charge in [-0.1, -0.05) is 121 Å². The number of benzene rings is 7. The van der Waals surface area contributed by atoms with Crippen LogP contribution in [0.4, 0.5) is 0 Å². The third kappa shape index (κ3) is 4.84. The Morgan fingerprint density at radius 3 is 1.81 bits per heavy atom. The molecule has 0 aliphatic rings. The van der Waals surface area contributed by atoms with Crippen molar-refractivity contribution in [2.75, 3.05) is 0 Å². The summed E-state index contributed by atoms with van der Waals surface area (Å²) in [4.78, 5) is 15.2. The summed E-state index contributed by atoms with van der Waals surface area (Å²) in [5.41, 5.74) is 9.95. The summed E-state index contributed by atoms with van der Waals surface area (Å²) >= 11 is 0. The van der Waals surface area contributed by atoms with E-state index in [-0.39, 0.29) is 0 Å². The highest BCUT2D eigenvalue weighted by Crippen LogP contribution is 2.40. The average Bonchev–Trinajstić information content (AvgIpc) is 3.80. The SMILES string of the molecule is N#Cc1cccc2c1oc1c(-c3nc(-c4cccc(-c5ccccc5)c4)nc(-c4ccc5c(c4)oc4cccc(-c6ccccc6)c45)n3)cccc12. The summed E-state index contributed by atoms with van der Waals surface area (Å²) in [6.07, 6.45) is 0. The van der Waals surface area contributed by atoms with Crippen LogP contribution in [0.1, 0.15) is 5.56 Å². The maximum atomic E-state index is 9.82. The summed E-state index contributed by atoms with van der Waals surface area (Å²) in [6, 6.07) is 54.9. The van der Waals surface area contributed by atoms with Crippen molar-refractivity contribution < 1.29 is 8.83 Å². The Kier molecular flexibility index (Phi) is 6.76. The van der Waals surface area contributed by atoms with Crippen molar-refractivity contribution in [1.82, 2.24) is 15.0 Å². The van der Waals surface area contributed by atoms with Crippen LogP contribution in [0.3, 0.4) is 0 Å². The van der Waals surface area contributed by atoms with Crippen LogP contribution in [0.15, 0.2) is 167 Å². The summed E-state index contributed by atoms with van der Waals surface area (Å²) in [5.74, 6) is 1.49. The Labute approximate surface area is 297 Å². The van der Waals surface area contributed by atoms with Crippen LogP contribution >= 0.6 is 0 Å². The van der Waals surface area contributed by atoms with Gasteiger partial charge in [-0.15, -0.1) is 0 Å². The lowest BCUT2D eigenvalue weighted by Crippen LogP contribution is -2.00. The zero-order valence-corrected chi connectivity index (χ0v) is 27.6. The number of para-hydroxylation sites is 2. The van der Waals surface area contributed by atoms with Crippen LogP contribution in [0.25, 0.3) is 100 Å². The molecule has 7 aromatic carbocycles. The topological polar surface area (TPSA) is 88.7 Å². The first kappa shape index (κ1) is 29.5. The Hall–Kier alpha value is -7.36. The van der Waals surface area contributed by atoms with Gasteiger partial charge in [0, 0.05) is 32.7 Å². The normalized spacial score (nSPS) is 11.4. The highest BCUT2D eigenvalue weighted by atomic mass is 16.3. The van der Waals surface area contributed by atoms with E-state index in [0.717, 1.165) is 66.1 Å². The molecule has 0 N–H and O–H groups in total. The highest BCUT2D eigenvalue weighted by Gasteiger charge is 2.20. The van der Waals surface area contributed by atoms with E-state index in [4.69, 9.17) is 23.8 Å². The number of aromatic nitrogens is 3. The number of nitriles is 1. The molecule has 0 radical (unpaired) electrons. The quantitative estimate of drug-likeness (QED) is 0.182. The Morgan fingerprint density at radius 2 is 1.02 bits per heavy atom. The molecule has 10 aromatic rings. The molecular weight excluding hydrogens is 641 g/mol.